The van der Waals surface area contributed by atoms with E-state index >= 15 is 0 Å². The number of benzene rings is 1. The fraction of sp³-hybridized carbons (Fsp3) is 0.423. The number of aliphatic hydroxyl groups is 1. The Balaban J connectivity index is 1.27. The standard InChI is InChI=1S/C26H26F3N3O7S2/c27-26(28,29)21-12-19(31-39-21)20-8-9-23(40-20)41(37,38)32-25(24(35)36)13-18(25)15-3-1-2-14(10-15)11-22(34)30-16-4-6-17(33)7-5-16/h1-3,8-10,12,16-18,32-33H,4-7,11,13H2,(H,30,34)(H,35,36)/t16-,17-,18?,25?. The number of alkyl halides is 3. The second kappa shape index (κ2) is 10.9. The molecule has 10 nitrogen and oxygen atoms in total. The third-order valence-electron chi connectivity index (χ3n) is 7.33. The second-order valence-electron chi connectivity index (χ2n) is 10.3. The Morgan fingerprint density at radius 3 is 2.51 bits per heavy atom. The van der Waals surface area contributed by atoms with Crippen LogP contribution in [0.2, 0.25) is 0 Å². The summed E-state index contributed by atoms with van der Waals surface area (Å²) in [6.45, 7) is 0. The first kappa shape index (κ1) is 29.2. The average molecular weight is 614 g/mol. The lowest BCUT2D eigenvalue weighted by molar-refractivity contribution is -0.155. The maximum atomic E-state index is 13.1. The van der Waals surface area contributed by atoms with Crippen LogP contribution in [0.3, 0.4) is 0 Å². The lowest BCUT2D eigenvalue weighted by Crippen LogP contribution is -2.44. The van der Waals surface area contributed by atoms with Crippen LogP contribution in [0.25, 0.3) is 10.6 Å². The molecule has 1 amide bonds. The van der Waals surface area contributed by atoms with Crippen LogP contribution in [-0.2, 0) is 32.2 Å². The average Bonchev–Trinajstić information content (AvgIpc) is 3.24. The summed E-state index contributed by atoms with van der Waals surface area (Å²) in [4.78, 5) is 24.9. The normalized spacial score (nSPS) is 24.6. The first-order chi connectivity index (χ1) is 19.3. The van der Waals surface area contributed by atoms with Crippen molar-refractivity contribution in [2.24, 2.45) is 0 Å². The molecule has 2 unspecified atom stereocenters. The van der Waals surface area contributed by atoms with Crippen LogP contribution >= 0.6 is 11.3 Å². The highest BCUT2D eigenvalue weighted by atomic mass is 32.2. The Kier molecular flexibility index (Phi) is 7.74. The third-order valence-corrected chi connectivity index (χ3v) is 10.4. The molecule has 0 spiro atoms. The highest BCUT2D eigenvalue weighted by Crippen LogP contribution is 2.53. The van der Waals surface area contributed by atoms with Crippen molar-refractivity contribution < 1.29 is 45.9 Å². The molecule has 2 aromatic heterocycles. The van der Waals surface area contributed by atoms with Gasteiger partial charge in [-0.15, -0.1) is 11.3 Å². The number of amides is 1. The summed E-state index contributed by atoms with van der Waals surface area (Å²) in [7, 11) is -4.37. The molecule has 2 heterocycles. The van der Waals surface area contributed by atoms with Crippen LogP contribution in [0.4, 0.5) is 13.2 Å². The minimum Gasteiger partial charge on any atom is -0.480 e. The number of thiophene rings is 1. The van der Waals surface area contributed by atoms with Crippen LogP contribution in [-0.4, -0.2) is 53.3 Å². The van der Waals surface area contributed by atoms with Crippen molar-refractivity contribution >= 4 is 33.2 Å². The molecular weight excluding hydrogens is 587 g/mol. The lowest BCUT2D eigenvalue weighted by atomic mass is 9.93. The Hall–Kier alpha value is -3.27. The molecule has 0 radical (unpaired) electrons. The molecule has 2 saturated carbocycles. The fourth-order valence-corrected chi connectivity index (χ4v) is 7.74. The summed E-state index contributed by atoms with van der Waals surface area (Å²) in [6, 6.07) is 9.80. The van der Waals surface area contributed by atoms with E-state index in [-0.39, 0.29) is 45.7 Å². The zero-order valence-corrected chi connectivity index (χ0v) is 23.0. The molecule has 15 heteroatoms. The Morgan fingerprint density at radius 1 is 1.12 bits per heavy atom. The summed E-state index contributed by atoms with van der Waals surface area (Å²) in [5.41, 5.74) is -0.846. The monoisotopic (exact) mass is 613 g/mol. The van der Waals surface area contributed by atoms with Crippen LogP contribution in [0.5, 0.6) is 0 Å². The number of hydrogen-bond acceptors (Lipinski definition) is 8. The highest BCUT2D eigenvalue weighted by Gasteiger charge is 2.63. The first-order valence-electron chi connectivity index (χ1n) is 12.7. The van der Waals surface area contributed by atoms with Gasteiger partial charge in [0.15, 0.2) is 0 Å². The van der Waals surface area contributed by atoms with Gasteiger partial charge in [-0.05, 0) is 55.4 Å². The molecule has 1 aromatic carbocycles. The number of halogens is 3. The van der Waals surface area contributed by atoms with E-state index in [1.165, 1.54) is 6.07 Å². The number of carbonyl (C=O) groups is 2. The van der Waals surface area contributed by atoms with E-state index in [4.69, 9.17) is 0 Å². The lowest BCUT2D eigenvalue weighted by Gasteiger charge is -2.26. The third kappa shape index (κ3) is 6.32. The summed E-state index contributed by atoms with van der Waals surface area (Å²) >= 11 is 0.626. The van der Waals surface area contributed by atoms with Crippen molar-refractivity contribution in [2.75, 3.05) is 0 Å². The summed E-state index contributed by atoms with van der Waals surface area (Å²) in [5, 5.41) is 25.9. The molecule has 220 valence electrons. The molecule has 0 bridgehead atoms. The van der Waals surface area contributed by atoms with Gasteiger partial charge in [0.2, 0.25) is 11.7 Å². The van der Waals surface area contributed by atoms with Gasteiger partial charge in [0.25, 0.3) is 10.0 Å². The topological polar surface area (TPSA) is 159 Å². The van der Waals surface area contributed by atoms with Gasteiger partial charge in [-0.1, -0.05) is 29.4 Å². The molecule has 41 heavy (non-hydrogen) atoms. The van der Waals surface area contributed by atoms with Gasteiger partial charge in [-0.3, -0.25) is 9.59 Å². The maximum Gasteiger partial charge on any atom is 0.452 e. The largest absolute Gasteiger partial charge is 0.480 e. The van der Waals surface area contributed by atoms with Gasteiger partial charge in [-0.25, -0.2) is 8.42 Å². The number of aliphatic carboxylic acids is 1. The number of nitrogens with one attached hydrogen (secondary N) is 2. The molecule has 5 rings (SSSR count). The van der Waals surface area contributed by atoms with Crippen molar-refractivity contribution in [1.82, 2.24) is 15.2 Å². The van der Waals surface area contributed by atoms with Crippen LogP contribution in [0.1, 0.15) is 54.9 Å². The maximum absolute atomic E-state index is 13.1. The van der Waals surface area contributed by atoms with Crippen LogP contribution < -0.4 is 10.0 Å². The van der Waals surface area contributed by atoms with Crippen molar-refractivity contribution in [1.29, 1.82) is 0 Å². The van der Waals surface area contributed by atoms with Crippen molar-refractivity contribution in [3.05, 3.63) is 59.4 Å². The van der Waals surface area contributed by atoms with E-state index < -0.39 is 39.4 Å². The van der Waals surface area contributed by atoms with E-state index in [0.717, 1.165) is 6.07 Å². The van der Waals surface area contributed by atoms with E-state index in [1.807, 2.05) is 0 Å². The predicted octanol–water partition coefficient (Wildman–Crippen LogP) is 3.67. The minimum atomic E-state index is -4.76. The molecule has 0 aliphatic heterocycles. The number of carbonyl (C=O) groups excluding carboxylic acids is 1. The van der Waals surface area contributed by atoms with Crippen molar-refractivity contribution in [3.8, 4) is 10.6 Å². The second-order valence-corrected chi connectivity index (χ2v) is 13.3. The number of hydrogen-bond donors (Lipinski definition) is 4. The highest BCUT2D eigenvalue weighted by molar-refractivity contribution is 7.91. The minimum absolute atomic E-state index is 0.0136. The van der Waals surface area contributed by atoms with Gasteiger partial charge in [-0.2, -0.15) is 17.9 Å². The van der Waals surface area contributed by atoms with Gasteiger partial charge in [0.05, 0.1) is 17.4 Å². The van der Waals surface area contributed by atoms with Gasteiger partial charge < -0.3 is 20.1 Å². The van der Waals surface area contributed by atoms with Gasteiger partial charge in [0, 0.05) is 18.0 Å². The molecule has 2 aliphatic carbocycles. The molecule has 4 N–H and O–H groups in total. The van der Waals surface area contributed by atoms with Gasteiger partial charge >= 0.3 is 12.1 Å². The molecule has 3 aromatic rings. The summed E-state index contributed by atoms with van der Waals surface area (Å²) < 4.78 is 71.1. The number of nitrogens with zero attached hydrogens (tertiary/aromatic N) is 1. The van der Waals surface area contributed by atoms with Crippen LogP contribution in [0, 0.1) is 0 Å². The summed E-state index contributed by atoms with van der Waals surface area (Å²) in [5.74, 6) is -3.62. The van der Waals surface area contributed by atoms with E-state index in [1.54, 1.807) is 24.3 Å². The number of sulfonamides is 1. The molecule has 2 aliphatic rings. The number of aliphatic hydroxyl groups excluding tert-OH is 1. The Morgan fingerprint density at radius 2 is 1.85 bits per heavy atom. The van der Waals surface area contributed by atoms with E-state index in [0.29, 0.717) is 54.2 Å². The molecule has 0 saturated heterocycles. The number of aromatic nitrogens is 1. The molecular formula is C26H26F3N3O7S2. The molecule has 2 atom stereocenters. The first-order valence-corrected chi connectivity index (χ1v) is 15.0. The SMILES string of the molecule is O=C(Cc1cccc(C2CC2(NS(=O)(=O)c2ccc(-c3cc(C(F)(F)F)on3)s2)C(=O)O)c1)N[C@H]1CC[C@H](O)CC1. The Labute approximate surface area is 236 Å². The van der Waals surface area contributed by atoms with E-state index in [9.17, 15) is 41.4 Å². The zero-order valence-electron chi connectivity index (χ0n) is 21.3. The smallest absolute Gasteiger partial charge is 0.452 e. The fourth-order valence-electron chi connectivity index (χ4n) is 5.08. The molecule has 2 fully saturated rings. The quantitative estimate of drug-likeness (QED) is 0.285. The summed E-state index contributed by atoms with van der Waals surface area (Å²) in [6.07, 6.45) is -2.44. The zero-order chi connectivity index (χ0) is 29.6. The van der Waals surface area contributed by atoms with Crippen molar-refractivity contribution in [3.63, 3.8) is 0 Å². The number of carboxylic acid groups (broad SMARTS) is 1. The van der Waals surface area contributed by atoms with E-state index in [2.05, 4.69) is 19.7 Å². The number of carboxylic acids is 1. The predicted molar refractivity (Wildman–Crippen MR) is 139 cm³/mol. The van der Waals surface area contributed by atoms with Crippen LogP contribution in [0.15, 0.2) is 51.2 Å². The Bertz CT molecular complexity index is 1560. The van der Waals surface area contributed by atoms with Crippen molar-refractivity contribution in [2.45, 2.75) is 72.5 Å². The van der Waals surface area contributed by atoms with Gasteiger partial charge in [0.1, 0.15) is 15.4 Å². The number of rotatable bonds is 9.